The van der Waals surface area contributed by atoms with Crippen molar-refractivity contribution in [2.45, 2.75) is 46.1 Å². The maximum atomic E-state index is 12.8. The molecule has 1 aromatic carbocycles. The number of amides is 2. The van der Waals surface area contributed by atoms with Crippen molar-refractivity contribution in [1.29, 1.82) is 0 Å². The lowest BCUT2D eigenvalue weighted by Gasteiger charge is -2.33. The van der Waals surface area contributed by atoms with Crippen molar-refractivity contribution in [2.24, 2.45) is 0 Å². The number of carbonyl (C=O) groups excluding carboxylic acids is 2. The van der Waals surface area contributed by atoms with Crippen molar-refractivity contribution >= 4 is 23.1 Å². The molecule has 1 aliphatic heterocycles. The first kappa shape index (κ1) is 24.2. The summed E-state index contributed by atoms with van der Waals surface area (Å²) in [5.41, 5.74) is 4.86. The SMILES string of the molecule is CC#CC(=O)N1CCCCC1c1nc(-c2ccc(C(=O)Nc3ccccn3)cc2)c2c(C)ncc(C)n12. The molecule has 1 unspecified atom stereocenters. The molecule has 0 bridgehead atoms. The van der Waals surface area contributed by atoms with Gasteiger partial charge in [-0.15, -0.1) is 0 Å². The first-order valence-corrected chi connectivity index (χ1v) is 12.4. The fourth-order valence-electron chi connectivity index (χ4n) is 4.89. The van der Waals surface area contributed by atoms with Crippen LogP contribution in [0.5, 0.6) is 0 Å². The summed E-state index contributed by atoms with van der Waals surface area (Å²) in [6.45, 7) is 6.30. The lowest BCUT2D eigenvalue weighted by molar-refractivity contribution is -0.129. The molecule has 1 aliphatic rings. The minimum absolute atomic E-state index is 0.169. The summed E-state index contributed by atoms with van der Waals surface area (Å²) in [6.07, 6.45) is 6.26. The van der Waals surface area contributed by atoms with Gasteiger partial charge in [-0.05, 0) is 70.2 Å². The van der Waals surface area contributed by atoms with E-state index >= 15 is 0 Å². The zero-order valence-corrected chi connectivity index (χ0v) is 21.2. The lowest BCUT2D eigenvalue weighted by atomic mass is 10.0. The zero-order valence-electron chi connectivity index (χ0n) is 21.2. The minimum Gasteiger partial charge on any atom is -0.322 e. The molecule has 4 aromatic rings. The van der Waals surface area contributed by atoms with E-state index in [0.717, 1.165) is 53.2 Å². The van der Waals surface area contributed by atoms with E-state index in [9.17, 15) is 9.59 Å². The van der Waals surface area contributed by atoms with Gasteiger partial charge in [0.2, 0.25) is 0 Å². The van der Waals surface area contributed by atoms with Crippen LogP contribution < -0.4 is 5.32 Å². The van der Waals surface area contributed by atoms with Gasteiger partial charge in [0, 0.05) is 35.8 Å². The van der Waals surface area contributed by atoms with E-state index in [1.54, 1.807) is 37.4 Å². The smallest absolute Gasteiger partial charge is 0.299 e. The van der Waals surface area contributed by atoms with Crippen LogP contribution in [0.15, 0.2) is 54.9 Å². The monoisotopic (exact) mass is 492 g/mol. The third-order valence-electron chi connectivity index (χ3n) is 6.66. The van der Waals surface area contributed by atoms with Crippen molar-refractivity contribution in [1.82, 2.24) is 24.3 Å². The van der Waals surface area contributed by atoms with Crippen LogP contribution in [-0.2, 0) is 4.79 Å². The summed E-state index contributed by atoms with van der Waals surface area (Å²) in [7, 11) is 0. The molecule has 5 rings (SSSR count). The van der Waals surface area contributed by atoms with Crippen LogP contribution >= 0.6 is 0 Å². The lowest BCUT2D eigenvalue weighted by Crippen LogP contribution is -2.38. The molecule has 8 nitrogen and oxygen atoms in total. The second-order valence-corrected chi connectivity index (χ2v) is 9.12. The standard InChI is InChI=1S/C29H28N6O2/c1-4-9-25(36)34-17-8-6-10-23(34)28-33-26(27-20(3)31-18-19(2)35(27)28)21-12-14-22(15-13-21)29(37)32-24-11-5-7-16-30-24/h5,7,11-16,18,23H,6,8,10,17H2,1-3H3,(H,30,32,37). The van der Waals surface area contributed by atoms with Crippen LogP contribution in [0, 0.1) is 25.7 Å². The third-order valence-corrected chi connectivity index (χ3v) is 6.66. The average Bonchev–Trinajstić information content (AvgIpc) is 3.33. The topological polar surface area (TPSA) is 92.5 Å². The van der Waals surface area contributed by atoms with Crippen LogP contribution in [0.1, 0.15) is 59.8 Å². The second kappa shape index (κ2) is 10.2. The largest absolute Gasteiger partial charge is 0.322 e. The van der Waals surface area contributed by atoms with Crippen molar-refractivity contribution in [3.8, 4) is 23.1 Å². The summed E-state index contributed by atoms with van der Waals surface area (Å²) in [6, 6.07) is 12.5. The van der Waals surface area contributed by atoms with Crippen LogP contribution in [0.25, 0.3) is 16.8 Å². The van der Waals surface area contributed by atoms with E-state index in [-0.39, 0.29) is 17.9 Å². The van der Waals surface area contributed by atoms with Gasteiger partial charge < -0.3 is 10.2 Å². The molecular weight excluding hydrogens is 464 g/mol. The molecule has 1 atom stereocenters. The van der Waals surface area contributed by atoms with Gasteiger partial charge in [0.15, 0.2) is 0 Å². The minimum atomic E-state index is -0.234. The predicted octanol–water partition coefficient (Wildman–Crippen LogP) is 4.74. The highest BCUT2D eigenvalue weighted by Gasteiger charge is 2.32. The van der Waals surface area contributed by atoms with E-state index in [4.69, 9.17) is 4.98 Å². The van der Waals surface area contributed by atoms with Crippen LogP contribution in [0.2, 0.25) is 0 Å². The van der Waals surface area contributed by atoms with Gasteiger partial charge in [0.25, 0.3) is 11.8 Å². The van der Waals surface area contributed by atoms with Crippen molar-refractivity contribution in [3.63, 3.8) is 0 Å². The molecule has 3 aromatic heterocycles. The number of pyridine rings is 1. The number of rotatable bonds is 4. The second-order valence-electron chi connectivity index (χ2n) is 9.12. The fraction of sp³-hybridized carbons (Fsp3) is 0.276. The highest BCUT2D eigenvalue weighted by atomic mass is 16.2. The first-order chi connectivity index (χ1) is 18.0. The van der Waals surface area contributed by atoms with Gasteiger partial charge in [-0.1, -0.05) is 24.1 Å². The van der Waals surface area contributed by atoms with E-state index in [1.807, 2.05) is 43.1 Å². The number of hydrogen-bond acceptors (Lipinski definition) is 5. The Hall–Kier alpha value is -4.51. The molecule has 37 heavy (non-hydrogen) atoms. The Balaban J connectivity index is 1.55. The average molecular weight is 493 g/mol. The Labute approximate surface area is 215 Å². The molecule has 0 spiro atoms. The van der Waals surface area contributed by atoms with Crippen LogP contribution in [0.3, 0.4) is 0 Å². The number of nitrogens with zero attached hydrogens (tertiary/aromatic N) is 5. The summed E-state index contributed by atoms with van der Waals surface area (Å²) < 4.78 is 2.12. The molecule has 0 saturated carbocycles. The number of nitrogens with one attached hydrogen (secondary N) is 1. The molecule has 1 N–H and O–H groups in total. The van der Waals surface area contributed by atoms with Gasteiger partial charge in [-0.2, -0.15) is 0 Å². The fourth-order valence-corrected chi connectivity index (χ4v) is 4.89. The molecule has 0 aliphatic carbocycles. The van der Waals surface area contributed by atoms with E-state index in [2.05, 4.69) is 31.5 Å². The quantitative estimate of drug-likeness (QED) is 0.416. The Morgan fingerprint density at radius 3 is 2.59 bits per heavy atom. The Morgan fingerprint density at radius 1 is 1.05 bits per heavy atom. The Kier molecular flexibility index (Phi) is 6.69. The number of likely N-dealkylation sites (tertiary alicyclic amines) is 1. The number of carbonyl (C=O) groups is 2. The summed E-state index contributed by atoms with van der Waals surface area (Å²) in [4.78, 5) is 41.2. The summed E-state index contributed by atoms with van der Waals surface area (Å²) in [5.74, 6) is 6.36. The first-order valence-electron chi connectivity index (χ1n) is 12.4. The summed E-state index contributed by atoms with van der Waals surface area (Å²) in [5, 5.41) is 2.81. The highest BCUT2D eigenvalue weighted by Crippen LogP contribution is 2.36. The maximum absolute atomic E-state index is 12.8. The number of benzene rings is 1. The van der Waals surface area contributed by atoms with Crippen LogP contribution in [0.4, 0.5) is 5.82 Å². The number of aromatic nitrogens is 4. The summed E-state index contributed by atoms with van der Waals surface area (Å²) >= 11 is 0. The number of piperidine rings is 1. The molecular formula is C29H28N6O2. The highest BCUT2D eigenvalue weighted by molar-refractivity contribution is 6.04. The number of imidazole rings is 1. The molecule has 0 radical (unpaired) electrons. The van der Waals surface area contributed by atoms with E-state index in [0.29, 0.717) is 17.9 Å². The van der Waals surface area contributed by atoms with Gasteiger partial charge in [0.05, 0.1) is 22.9 Å². The molecule has 1 saturated heterocycles. The third kappa shape index (κ3) is 4.68. The molecule has 8 heteroatoms. The molecule has 2 amide bonds. The number of fused-ring (bicyclic) bond motifs is 1. The van der Waals surface area contributed by atoms with Gasteiger partial charge in [0.1, 0.15) is 11.6 Å². The van der Waals surface area contributed by atoms with E-state index < -0.39 is 0 Å². The Morgan fingerprint density at radius 2 is 1.86 bits per heavy atom. The number of hydrogen-bond donors (Lipinski definition) is 1. The molecule has 186 valence electrons. The maximum Gasteiger partial charge on any atom is 0.299 e. The number of aryl methyl sites for hydroxylation is 2. The van der Waals surface area contributed by atoms with Crippen molar-refractivity contribution < 1.29 is 9.59 Å². The normalized spacial score (nSPS) is 15.2. The zero-order chi connectivity index (χ0) is 25.9. The molecule has 4 heterocycles. The van der Waals surface area contributed by atoms with Crippen molar-refractivity contribution in [3.05, 3.63) is 77.6 Å². The van der Waals surface area contributed by atoms with Gasteiger partial charge in [-0.3, -0.25) is 19.0 Å². The van der Waals surface area contributed by atoms with Gasteiger partial charge >= 0.3 is 0 Å². The predicted molar refractivity (Wildman–Crippen MR) is 142 cm³/mol. The molecule has 1 fully saturated rings. The Bertz CT molecular complexity index is 1530. The number of anilines is 1. The van der Waals surface area contributed by atoms with E-state index in [1.165, 1.54) is 0 Å². The van der Waals surface area contributed by atoms with Gasteiger partial charge in [-0.25, -0.2) is 9.97 Å². The van der Waals surface area contributed by atoms with Crippen molar-refractivity contribution in [2.75, 3.05) is 11.9 Å². The van der Waals surface area contributed by atoms with Crippen LogP contribution in [-0.4, -0.2) is 42.6 Å².